The second kappa shape index (κ2) is 10.9. The van der Waals surface area contributed by atoms with Crippen LogP contribution in [0.4, 0.5) is 11.5 Å². The summed E-state index contributed by atoms with van der Waals surface area (Å²) < 4.78 is 1.37. The first kappa shape index (κ1) is 22.8. The molecule has 1 aliphatic heterocycles. The van der Waals surface area contributed by atoms with Crippen molar-refractivity contribution in [2.75, 3.05) is 30.3 Å². The molecule has 0 radical (unpaired) electrons. The highest BCUT2D eigenvalue weighted by molar-refractivity contribution is 5.96. The van der Waals surface area contributed by atoms with Gasteiger partial charge >= 0.3 is 5.69 Å². The van der Waals surface area contributed by atoms with E-state index in [1.807, 2.05) is 37.3 Å². The second-order valence-electron chi connectivity index (χ2n) is 8.30. The first-order chi connectivity index (χ1) is 15.0. The second-order valence-corrected chi connectivity index (χ2v) is 8.30. The van der Waals surface area contributed by atoms with Gasteiger partial charge in [-0.05, 0) is 37.7 Å². The van der Waals surface area contributed by atoms with Gasteiger partial charge in [-0.15, -0.1) is 0 Å². The number of hydrogen-bond acceptors (Lipinski definition) is 4. The van der Waals surface area contributed by atoms with Crippen LogP contribution >= 0.6 is 0 Å². The van der Waals surface area contributed by atoms with E-state index in [1.165, 1.54) is 27.2 Å². The van der Waals surface area contributed by atoms with E-state index < -0.39 is 11.2 Å². The fraction of sp³-hybridized carbons (Fsp3) is 0.522. The van der Waals surface area contributed by atoms with Crippen LogP contribution in [-0.2, 0) is 17.9 Å². The van der Waals surface area contributed by atoms with Gasteiger partial charge in [0.15, 0.2) is 12.2 Å². The lowest BCUT2D eigenvalue weighted by Crippen LogP contribution is -3.13. The largest absolute Gasteiger partial charge is 0.383 e. The minimum Gasteiger partial charge on any atom is -0.383 e. The van der Waals surface area contributed by atoms with Crippen molar-refractivity contribution >= 4 is 17.4 Å². The van der Waals surface area contributed by atoms with E-state index in [4.69, 9.17) is 5.73 Å². The standard InChI is InChI=1S/C23H33N5O3/c1-2-3-15-27-21(24)20(22(30)25-23(27)31)28(16-18-11-7-6-8-12-18)19(29)17-26-13-9-4-5-10-14-26/h6-8,11-12H,2-5,9-10,13-17,24H2,1H3,(H,25,30,31)/p+1. The van der Waals surface area contributed by atoms with Crippen molar-refractivity contribution in [3.63, 3.8) is 0 Å². The molecule has 0 spiro atoms. The number of aromatic nitrogens is 2. The van der Waals surface area contributed by atoms with Gasteiger partial charge in [0.2, 0.25) is 0 Å². The molecule has 8 nitrogen and oxygen atoms in total. The summed E-state index contributed by atoms with van der Waals surface area (Å²) in [4.78, 5) is 43.7. The number of anilines is 2. The Kier molecular flexibility index (Phi) is 8.06. The van der Waals surface area contributed by atoms with Gasteiger partial charge in [0.05, 0.1) is 19.6 Å². The summed E-state index contributed by atoms with van der Waals surface area (Å²) in [6.45, 7) is 4.85. The van der Waals surface area contributed by atoms with Gasteiger partial charge in [-0.3, -0.25) is 24.0 Å². The number of nitrogens with two attached hydrogens (primary N) is 1. The van der Waals surface area contributed by atoms with E-state index in [2.05, 4.69) is 4.98 Å². The number of carbonyl (C=O) groups excluding carboxylic acids is 1. The number of nitrogens with zero attached hydrogens (tertiary/aromatic N) is 2. The number of carbonyl (C=O) groups is 1. The lowest BCUT2D eigenvalue weighted by Gasteiger charge is -2.26. The van der Waals surface area contributed by atoms with Crippen LogP contribution in [-0.4, -0.2) is 35.1 Å². The van der Waals surface area contributed by atoms with Crippen molar-refractivity contribution in [1.29, 1.82) is 0 Å². The molecule has 1 aromatic carbocycles. The molecule has 8 heteroatoms. The van der Waals surface area contributed by atoms with Crippen LogP contribution in [0, 0.1) is 0 Å². The normalized spacial score (nSPS) is 14.9. The van der Waals surface area contributed by atoms with Gasteiger partial charge in [-0.25, -0.2) is 4.79 Å². The van der Waals surface area contributed by atoms with E-state index in [0.717, 1.165) is 44.3 Å². The molecule has 0 aliphatic carbocycles. The molecule has 0 atom stereocenters. The summed E-state index contributed by atoms with van der Waals surface area (Å²) in [5, 5.41) is 0. The van der Waals surface area contributed by atoms with Crippen LogP contribution in [0.2, 0.25) is 0 Å². The molecule has 2 aromatic rings. The van der Waals surface area contributed by atoms with Crippen molar-refractivity contribution in [3.8, 4) is 0 Å². The molecule has 0 saturated carbocycles. The maximum atomic E-state index is 13.5. The minimum atomic E-state index is -0.620. The van der Waals surface area contributed by atoms with Crippen molar-refractivity contribution in [2.24, 2.45) is 0 Å². The molecule has 168 valence electrons. The van der Waals surface area contributed by atoms with Gasteiger partial charge in [-0.2, -0.15) is 0 Å². The SMILES string of the molecule is CCCCn1c(N)c(N(Cc2ccccc2)C(=O)C[NH+]2CCCCCC2)c(=O)[nH]c1=O. The lowest BCUT2D eigenvalue weighted by molar-refractivity contribution is -0.891. The van der Waals surface area contributed by atoms with Crippen molar-refractivity contribution in [1.82, 2.24) is 9.55 Å². The predicted molar refractivity (Wildman–Crippen MR) is 122 cm³/mol. The Balaban J connectivity index is 1.98. The summed E-state index contributed by atoms with van der Waals surface area (Å²) in [6.07, 6.45) is 6.23. The molecule has 0 bridgehead atoms. The Labute approximate surface area is 182 Å². The molecule has 1 aromatic heterocycles. The molecule has 0 unspecified atom stereocenters. The lowest BCUT2D eigenvalue weighted by atomic mass is 10.2. The number of quaternary nitrogens is 1. The Bertz CT molecular complexity index is 975. The van der Waals surface area contributed by atoms with Gasteiger partial charge in [0.25, 0.3) is 11.5 Å². The molecular weight excluding hydrogens is 394 g/mol. The molecular formula is C23H34N5O3+. The number of unbranched alkanes of at least 4 members (excludes halogenated alkanes) is 1. The number of benzene rings is 1. The van der Waals surface area contributed by atoms with Crippen molar-refractivity contribution in [3.05, 3.63) is 56.7 Å². The molecule has 1 amide bonds. The van der Waals surface area contributed by atoms with Crippen LogP contribution in [0.25, 0.3) is 0 Å². The van der Waals surface area contributed by atoms with Crippen LogP contribution in [0.15, 0.2) is 39.9 Å². The smallest absolute Gasteiger partial charge is 0.330 e. The zero-order valence-corrected chi connectivity index (χ0v) is 18.4. The summed E-state index contributed by atoms with van der Waals surface area (Å²) in [7, 11) is 0. The fourth-order valence-electron chi connectivity index (χ4n) is 4.15. The number of nitrogen functional groups attached to an aromatic ring is 1. The summed E-state index contributed by atoms with van der Waals surface area (Å²) >= 11 is 0. The number of rotatable bonds is 8. The van der Waals surface area contributed by atoms with Crippen LogP contribution in [0.5, 0.6) is 0 Å². The van der Waals surface area contributed by atoms with Crippen molar-refractivity contribution < 1.29 is 9.69 Å². The molecule has 2 heterocycles. The Morgan fingerprint density at radius 1 is 1.13 bits per heavy atom. The summed E-state index contributed by atoms with van der Waals surface area (Å²) in [5.41, 5.74) is 6.12. The average Bonchev–Trinajstić information content (AvgIpc) is 3.02. The van der Waals surface area contributed by atoms with E-state index in [9.17, 15) is 14.4 Å². The fourth-order valence-corrected chi connectivity index (χ4v) is 4.15. The Morgan fingerprint density at radius 3 is 2.45 bits per heavy atom. The molecule has 4 N–H and O–H groups in total. The molecule has 3 rings (SSSR count). The molecule has 1 saturated heterocycles. The third-order valence-corrected chi connectivity index (χ3v) is 5.92. The highest BCUT2D eigenvalue weighted by Crippen LogP contribution is 2.20. The van der Waals surface area contributed by atoms with E-state index in [0.29, 0.717) is 13.1 Å². The maximum Gasteiger partial charge on any atom is 0.330 e. The number of H-pyrrole nitrogens is 1. The van der Waals surface area contributed by atoms with Gasteiger partial charge in [-0.1, -0.05) is 43.7 Å². The van der Waals surface area contributed by atoms with Crippen LogP contribution < -0.4 is 26.8 Å². The van der Waals surface area contributed by atoms with Crippen molar-refractivity contribution in [2.45, 2.75) is 58.5 Å². The zero-order chi connectivity index (χ0) is 22.2. The topological polar surface area (TPSA) is 106 Å². The number of aromatic amines is 1. The third-order valence-electron chi connectivity index (χ3n) is 5.92. The van der Waals surface area contributed by atoms with Crippen LogP contribution in [0.3, 0.4) is 0 Å². The summed E-state index contributed by atoms with van der Waals surface area (Å²) in [6, 6.07) is 9.53. The van der Waals surface area contributed by atoms with E-state index in [1.54, 1.807) is 0 Å². The quantitative estimate of drug-likeness (QED) is 0.581. The van der Waals surface area contributed by atoms with Gasteiger partial charge < -0.3 is 10.6 Å². The molecule has 1 aliphatic rings. The van der Waals surface area contributed by atoms with Gasteiger partial charge in [0.1, 0.15) is 5.82 Å². The highest BCUT2D eigenvalue weighted by atomic mass is 16.2. The maximum absolute atomic E-state index is 13.5. The zero-order valence-electron chi connectivity index (χ0n) is 18.4. The average molecular weight is 429 g/mol. The predicted octanol–water partition coefficient (Wildman–Crippen LogP) is 0.911. The molecule has 31 heavy (non-hydrogen) atoms. The van der Waals surface area contributed by atoms with Gasteiger partial charge in [0, 0.05) is 6.54 Å². The Morgan fingerprint density at radius 2 is 1.81 bits per heavy atom. The molecule has 1 fully saturated rings. The first-order valence-electron chi connectivity index (χ1n) is 11.3. The number of nitrogens with one attached hydrogen (secondary N) is 2. The number of amides is 1. The number of likely N-dealkylation sites (tertiary alicyclic amines) is 1. The Hall–Kier alpha value is -2.87. The highest BCUT2D eigenvalue weighted by Gasteiger charge is 2.27. The monoisotopic (exact) mass is 428 g/mol. The van der Waals surface area contributed by atoms with Crippen LogP contribution in [0.1, 0.15) is 51.0 Å². The van der Waals surface area contributed by atoms with E-state index >= 15 is 0 Å². The minimum absolute atomic E-state index is 0.0531. The number of hydrogen-bond donors (Lipinski definition) is 3. The first-order valence-corrected chi connectivity index (χ1v) is 11.3. The summed E-state index contributed by atoms with van der Waals surface area (Å²) in [5.74, 6) is -0.101. The van der Waals surface area contributed by atoms with E-state index in [-0.39, 0.29) is 24.0 Å². The third kappa shape index (κ3) is 5.85.